The molecule has 0 aromatic rings. The summed E-state index contributed by atoms with van der Waals surface area (Å²) in [5, 5.41) is 2.83. The van der Waals surface area contributed by atoms with Gasteiger partial charge in [-0.05, 0) is 40.3 Å². The van der Waals surface area contributed by atoms with Crippen LogP contribution in [0, 0.1) is 0 Å². The van der Waals surface area contributed by atoms with Crippen LogP contribution in [0.1, 0.15) is 33.1 Å². The number of carbonyl (C=O) groups excluding carboxylic acids is 2. The van der Waals surface area contributed by atoms with Crippen molar-refractivity contribution in [3.8, 4) is 0 Å². The molecule has 0 saturated heterocycles. The molecule has 0 unspecified atom stereocenters. The summed E-state index contributed by atoms with van der Waals surface area (Å²) in [6, 6.07) is 0.171. The average molecular weight is 244 g/mol. The van der Waals surface area contributed by atoms with Crippen LogP contribution in [-0.4, -0.2) is 42.9 Å². The van der Waals surface area contributed by atoms with Crippen LogP contribution in [0.25, 0.3) is 0 Å². The number of amides is 2. The topological polar surface area (TPSA) is 87.5 Å². The summed E-state index contributed by atoms with van der Waals surface area (Å²) >= 11 is 0. The van der Waals surface area contributed by atoms with Crippen molar-refractivity contribution in [3.05, 3.63) is 0 Å². The van der Waals surface area contributed by atoms with Crippen molar-refractivity contribution in [1.29, 1.82) is 0 Å². The zero-order valence-corrected chi connectivity index (χ0v) is 11.0. The first-order valence-corrected chi connectivity index (χ1v) is 5.93. The van der Waals surface area contributed by atoms with E-state index < -0.39 is 0 Å². The van der Waals surface area contributed by atoms with Gasteiger partial charge < -0.3 is 5.32 Å². The first-order valence-electron chi connectivity index (χ1n) is 5.93. The summed E-state index contributed by atoms with van der Waals surface area (Å²) in [5.74, 6) is 4.85. The third-order valence-electron chi connectivity index (χ3n) is 2.22. The van der Waals surface area contributed by atoms with Gasteiger partial charge in [0.1, 0.15) is 0 Å². The summed E-state index contributed by atoms with van der Waals surface area (Å²) < 4.78 is 0. The molecule has 0 aliphatic heterocycles. The lowest BCUT2D eigenvalue weighted by Crippen LogP contribution is -2.38. The molecule has 6 nitrogen and oxygen atoms in total. The Kier molecular flexibility index (Phi) is 8.35. The van der Waals surface area contributed by atoms with Crippen molar-refractivity contribution < 1.29 is 9.59 Å². The van der Waals surface area contributed by atoms with E-state index in [1.54, 1.807) is 0 Å². The van der Waals surface area contributed by atoms with E-state index in [2.05, 4.69) is 10.7 Å². The highest BCUT2D eigenvalue weighted by atomic mass is 16.2. The Morgan fingerprint density at radius 1 is 1.24 bits per heavy atom. The number of hydrogen-bond donors (Lipinski definition) is 3. The van der Waals surface area contributed by atoms with Crippen molar-refractivity contribution in [3.63, 3.8) is 0 Å². The van der Waals surface area contributed by atoms with Gasteiger partial charge in [-0.15, -0.1) is 0 Å². The van der Waals surface area contributed by atoms with E-state index in [9.17, 15) is 9.59 Å². The SMILES string of the molecule is CC(C)NC(=O)CN(C)CCCCC(=O)NN. The fraction of sp³-hybridized carbons (Fsp3) is 0.818. The third kappa shape index (κ3) is 9.77. The van der Waals surface area contributed by atoms with E-state index in [0.717, 1.165) is 19.4 Å². The Labute approximate surface area is 103 Å². The van der Waals surface area contributed by atoms with E-state index in [4.69, 9.17) is 5.84 Å². The van der Waals surface area contributed by atoms with Crippen LogP contribution in [0.2, 0.25) is 0 Å². The molecule has 0 radical (unpaired) electrons. The minimum atomic E-state index is -0.148. The van der Waals surface area contributed by atoms with E-state index in [0.29, 0.717) is 13.0 Å². The number of hydrazine groups is 1. The quantitative estimate of drug-likeness (QED) is 0.235. The molecule has 2 amide bonds. The predicted octanol–water partition coefficient (Wildman–Crippen LogP) is -0.397. The lowest BCUT2D eigenvalue weighted by Gasteiger charge is -2.17. The summed E-state index contributed by atoms with van der Waals surface area (Å²) in [6.07, 6.45) is 2.08. The number of carbonyl (C=O) groups is 2. The van der Waals surface area contributed by atoms with Crippen LogP contribution in [0.4, 0.5) is 0 Å². The normalized spacial score (nSPS) is 10.7. The number of rotatable bonds is 8. The van der Waals surface area contributed by atoms with Crippen LogP contribution in [0.3, 0.4) is 0 Å². The highest BCUT2D eigenvalue weighted by Crippen LogP contribution is 1.97. The van der Waals surface area contributed by atoms with Gasteiger partial charge >= 0.3 is 0 Å². The Bertz CT molecular complexity index is 244. The number of nitrogens with zero attached hydrogens (tertiary/aromatic N) is 1. The molecule has 0 fully saturated rings. The highest BCUT2D eigenvalue weighted by molar-refractivity contribution is 5.78. The molecule has 100 valence electrons. The van der Waals surface area contributed by atoms with Gasteiger partial charge in [0.15, 0.2) is 0 Å². The zero-order chi connectivity index (χ0) is 13.3. The number of likely N-dealkylation sites (N-methyl/N-ethyl adjacent to an activating group) is 1. The maximum absolute atomic E-state index is 11.4. The zero-order valence-electron chi connectivity index (χ0n) is 11.0. The van der Waals surface area contributed by atoms with Gasteiger partial charge in [-0.25, -0.2) is 5.84 Å². The minimum absolute atomic E-state index is 0.0298. The van der Waals surface area contributed by atoms with Crippen LogP contribution in [-0.2, 0) is 9.59 Å². The molecule has 0 spiro atoms. The Morgan fingerprint density at radius 3 is 2.41 bits per heavy atom. The smallest absolute Gasteiger partial charge is 0.234 e. The first-order chi connectivity index (χ1) is 7.95. The maximum atomic E-state index is 11.4. The van der Waals surface area contributed by atoms with E-state index in [-0.39, 0.29) is 17.9 Å². The Hall–Kier alpha value is -1.14. The van der Waals surface area contributed by atoms with E-state index in [1.807, 2.05) is 25.8 Å². The van der Waals surface area contributed by atoms with Crippen molar-refractivity contribution in [1.82, 2.24) is 15.6 Å². The number of unbranched alkanes of at least 4 members (excludes halogenated alkanes) is 1. The fourth-order valence-electron chi connectivity index (χ4n) is 1.43. The summed E-state index contributed by atoms with van der Waals surface area (Å²) in [5.41, 5.74) is 2.09. The molecule has 0 aromatic carbocycles. The molecular formula is C11H24N4O2. The number of nitrogens with two attached hydrogens (primary N) is 1. The van der Waals surface area contributed by atoms with Gasteiger partial charge in [0, 0.05) is 12.5 Å². The third-order valence-corrected chi connectivity index (χ3v) is 2.22. The molecule has 17 heavy (non-hydrogen) atoms. The van der Waals surface area contributed by atoms with Gasteiger partial charge in [0.25, 0.3) is 0 Å². The molecule has 4 N–H and O–H groups in total. The second kappa shape index (κ2) is 8.95. The summed E-state index contributed by atoms with van der Waals surface area (Å²) in [7, 11) is 1.89. The minimum Gasteiger partial charge on any atom is -0.353 e. The second-order valence-electron chi connectivity index (χ2n) is 4.48. The van der Waals surface area contributed by atoms with Gasteiger partial charge in [0.05, 0.1) is 6.54 Å². The lowest BCUT2D eigenvalue weighted by molar-refractivity contribution is -0.123. The average Bonchev–Trinajstić information content (AvgIpc) is 2.22. The Balaban J connectivity index is 3.55. The maximum Gasteiger partial charge on any atom is 0.234 e. The van der Waals surface area contributed by atoms with Gasteiger partial charge in [-0.2, -0.15) is 0 Å². The standard InChI is InChI=1S/C11H24N4O2/c1-9(2)13-11(17)8-15(3)7-5-4-6-10(16)14-12/h9H,4-8,12H2,1-3H3,(H,13,17)(H,14,16). The van der Waals surface area contributed by atoms with Crippen molar-refractivity contribution in [2.24, 2.45) is 5.84 Å². The number of nitrogens with one attached hydrogen (secondary N) is 2. The second-order valence-corrected chi connectivity index (χ2v) is 4.48. The summed E-state index contributed by atoms with van der Waals surface area (Å²) in [6.45, 7) is 5.05. The van der Waals surface area contributed by atoms with E-state index in [1.165, 1.54) is 0 Å². The monoisotopic (exact) mass is 244 g/mol. The molecule has 0 bridgehead atoms. The molecule has 0 rings (SSSR count). The van der Waals surface area contributed by atoms with E-state index >= 15 is 0 Å². The lowest BCUT2D eigenvalue weighted by atomic mass is 10.2. The van der Waals surface area contributed by atoms with Crippen molar-refractivity contribution in [2.75, 3.05) is 20.1 Å². The fourth-order valence-corrected chi connectivity index (χ4v) is 1.43. The summed E-state index contributed by atoms with van der Waals surface area (Å²) in [4.78, 5) is 24.2. The van der Waals surface area contributed by atoms with Gasteiger partial charge in [0.2, 0.25) is 11.8 Å². The Morgan fingerprint density at radius 2 is 1.88 bits per heavy atom. The molecule has 0 aliphatic rings. The van der Waals surface area contributed by atoms with Crippen molar-refractivity contribution >= 4 is 11.8 Å². The molecule has 0 aromatic heterocycles. The van der Waals surface area contributed by atoms with Crippen molar-refractivity contribution in [2.45, 2.75) is 39.2 Å². The number of hydrogen-bond acceptors (Lipinski definition) is 4. The molecule has 0 aliphatic carbocycles. The molecular weight excluding hydrogens is 220 g/mol. The molecule has 0 heterocycles. The van der Waals surface area contributed by atoms with Gasteiger partial charge in [-0.1, -0.05) is 0 Å². The first kappa shape index (κ1) is 15.9. The van der Waals surface area contributed by atoms with Gasteiger partial charge in [-0.3, -0.25) is 19.9 Å². The largest absolute Gasteiger partial charge is 0.353 e. The van der Waals surface area contributed by atoms with Crippen LogP contribution >= 0.6 is 0 Å². The predicted molar refractivity (Wildman–Crippen MR) is 67.0 cm³/mol. The van der Waals surface area contributed by atoms with Crippen LogP contribution in [0.15, 0.2) is 0 Å². The van der Waals surface area contributed by atoms with Crippen LogP contribution < -0.4 is 16.6 Å². The van der Waals surface area contributed by atoms with Crippen LogP contribution in [0.5, 0.6) is 0 Å². The molecule has 6 heteroatoms. The molecule has 0 atom stereocenters. The highest BCUT2D eigenvalue weighted by Gasteiger charge is 2.07. The molecule has 0 saturated carbocycles.